The number of ether oxygens (including phenoxy) is 4. The third-order valence-electron chi connectivity index (χ3n) is 17.7. The molecule has 0 aliphatic heterocycles. The van der Waals surface area contributed by atoms with Crippen molar-refractivity contribution >= 4 is 39.5 Å². The Morgan fingerprint density at radius 3 is 0.772 bits per heavy atom. The van der Waals surface area contributed by atoms with Crippen molar-refractivity contribution in [2.24, 2.45) is 11.8 Å². The molecule has 7 atom stereocenters. The smallest absolute Gasteiger partial charge is 0.462 e. The van der Waals surface area contributed by atoms with Gasteiger partial charge in [0.05, 0.1) is 26.4 Å². The molecule has 19 heteroatoms. The van der Waals surface area contributed by atoms with Gasteiger partial charge in [-0.15, -0.1) is 0 Å². The lowest BCUT2D eigenvalue weighted by Gasteiger charge is -2.21. The van der Waals surface area contributed by atoms with Crippen molar-refractivity contribution in [3.05, 3.63) is 0 Å². The Morgan fingerprint density at radius 1 is 0.304 bits per heavy atom. The predicted molar refractivity (Wildman–Crippen MR) is 372 cm³/mol. The molecule has 0 aliphatic rings. The zero-order valence-electron chi connectivity index (χ0n) is 59.9. The van der Waals surface area contributed by atoms with Crippen LogP contribution in [0.2, 0.25) is 0 Å². The minimum Gasteiger partial charge on any atom is -0.462 e. The number of phosphoric acid groups is 2. The third-order valence-corrected chi connectivity index (χ3v) is 19.6. The first-order valence-corrected chi connectivity index (χ1v) is 41.1. The molecule has 0 amide bonds. The summed E-state index contributed by atoms with van der Waals surface area (Å²) >= 11 is 0. The molecule has 0 aliphatic carbocycles. The van der Waals surface area contributed by atoms with Gasteiger partial charge in [0.2, 0.25) is 0 Å². The van der Waals surface area contributed by atoms with Crippen molar-refractivity contribution in [3.63, 3.8) is 0 Å². The van der Waals surface area contributed by atoms with Gasteiger partial charge in [0.25, 0.3) is 0 Å². The molecule has 4 unspecified atom stereocenters. The van der Waals surface area contributed by atoms with E-state index in [2.05, 4.69) is 41.5 Å². The number of phosphoric ester groups is 2. The van der Waals surface area contributed by atoms with Crippen LogP contribution in [0, 0.1) is 11.8 Å². The predicted octanol–water partition coefficient (Wildman–Crippen LogP) is 21.2. The molecule has 546 valence electrons. The highest BCUT2D eigenvalue weighted by Crippen LogP contribution is 2.45. The van der Waals surface area contributed by atoms with E-state index in [0.29, 0.717) is 25.7 Å². The molecular weight excluding hydrogens is 1210 g/mol. The van der Waals surface area contributed by atoms with Crippen LogP contribution in [0.1, 0.15) is 375 Å². The molecule has 0 rings (SSSR count). The molecule has 0 spiro atoms. The highest BCUT2D eigenvalue weighted by Gasteiger charge is 2.30. The second-order valence-electron chi connectivity index (χ2n) is 26.8. The number of carbonyl (C=O) groups is 4. The molecule has 0 aromatic carbocycles. The largest absolute Gasteiger partial charge is 0.472 e. The van der Waals surface area contributed by atoms with E-state index >= 15 is 0 Å². The van der Waals surface area contributed by atoms with Crippen LogP contribution in [0.3, 0.4) is 0 Å². The van der Waals surface area contributed by atoms with E-state index in [9.17, 15) is 43.2 Å². The standard InChI is InChI=1S/C73H142O17P2/c1-7-11-13-15-17-19-21-23-25-27-29-37-43-49-55-70(75)83-61-68(89-72(77)57-51-45-39-30-28-26-24-22-20-18-16-14-12-8-2)63-87-91(79,80)85-59-67(74)60-86-92(81,82)88-64-69(90-73(78)58-52-46-40-34-32-36-42-48-54-66(6)10-4)62-84-71(76)56-50-44-38-33-31-35-41-47-53-65(5)9-3/h65-69,74H,7-64H2,1-6H3,(H,79,80)(H,81,82)/t65?,66?,67-,68-,69-/m1/s1. The molecule has 0 heterocycles. The van der Waals surface area contributed by atoms with Gasteiger partial charge in [-0.1, -0.05) is 324 Å². The first kappa shape index (κ1) is 90.1. The maximum atomic E-state index is 13.1. The maximum Gasteiger partial charge on any atom is 0.472 e. The van der Waals surface area contributed by atoms with Gasteiger partial charge in [0.1, 0.15) is 19.3 Å². The summed E-state index contributed by atoms with van der Waals surface area (Å²) in [5.74, 6) is -0.572. The fourth-order valence-corrected chi connectivity index (χ4v) is 12.6. The van der Waals surface area contributed by atoms with E-state index in [-0.39, 0.29) is 25.7 Å². The second-order valence-corrected chi connectivity index (χ2v) is 29.7. The van der Waals surface area contributed by atoms with Gasteiger partial charge < -0.3 is 33.8 Å². The zero-order chi connectivity index (χ0) is 67.9. The van der Waals surface area contributed by atoms with Crippen LogP contribution in [0.25, 0.3) is 0 Å². The second kappa shape index (κ2) is 65.0. The lowest BCUT2D eigenvalue weighted by atomic mass is 9.99. The average molecular weight is 1350 g/mol. The number of carbonyl (C=O) groups excluding carboxylic acids is 4. The molecule has 3 N–H and O–H groups in total. The maximum absolute atomic E-state index is 13.1. The van der Waals surface area contributed by atoms with E-state index in [1.54, 1.807) is 0 Å². The van der Waals surface area contributed by atoms with Gasteiger partial charge in [-0.25, -0.2) is 9.13 Å². The minimum absolute atomic E-state index is 0.105. The number of esters is 4. The molecule has 0 saturated carbocycles. The van der Waals surface area contributed by atoms with E-state index < -0.39 is 97.5 Å². The topological polar surface area (TPSA) is 237 Å². The number of hydrogen-bond acceptors (Lipinski definition) is 15. The molecule has 17 nitrogen and oxygen atoms in total. The number of rotatable bonds is 72. The average Bonchev–Trinajstić information content (AvgIpc) is 3.48. The van der Waals surface area contributed by atoms with Gasteiger partial charge in [0.15, 0.2) is 12.2 Å². The van der Waals surface area contributed by atoms with Gasteiger partial charge in [0, 0.05) is 25.7 Å². The van der Waals surface area contributed by atoms with E-state index in [1.807, 2.05) is 0 Å². The monoisotopic (exact) mass is 1350 g/mol. The van der Waals surface area contributed by atoms with Crippen LogP contribution in [-0.4, -0.2) is 96.7 Å². The van der Waals surface area contributed by atoms with Crippen LogP contribution in [-0.2, 0) is 65.4 Å². The fourth-order valence-electron chi connectivity index (χ4n) is 11.1. The highest BCUT2D eigenvalue weighted by molar-refractivity contribution is 7.47. The molecule has 0 saturated heterocycles. The van der Waals surface area contributed by atoms with Crippen LogP contribution in [0.4, 0.5) is 0 Å². The van der Waals surface area contributed by atoms with E-state index in [0.717, 1.165) is 102 Å². The first-order valence-electron chi connectivity index (χ1n) is 38.1. The molecule has 0 bridgehead atoms. The molecule has 0 aromatic heterocycles. The Kier molecular flexibility index (Phi) is 63.7. The third kappa shape index (κ3) is 64.1. The van der Waals surface area contributed by atoms with Crippen molar-refractivity contribution in [2.75, 3.05) is 39.6 Å². The van der Waals surface area contributed by atoms with Gasteiger partial charge in [-0.3, -0.25) is 37.3 Å². The normalized spacial score (nSPS) is 14.7. The summed E-state index contributed by atoms with van der Waals surface area (Å²) in [6.07, 6.45) is 51.1. The Labute approximate surface area is 562 Å². The summed E-state index contributed by atoms with van der Waals surface area (Å²) in [4.78, 5) is 72.7. The minimum atomic E-state index is -4.95. The quantitative estimate of drug-likeness (QED) is 0.0222. The van der Waals surface area contributed by atoms with E-state index in [1.165, 1.54) is 193 Å². The molecule has 0 fully saturated rings. The Bertz CT molecular complexity index is 1790. The van der Waals surface area contributed by atoms with Crippen molar-refractivity contribution in [1.82, 2.24) is 0 Å². The summed E-state index contributed by atoms with van der Waals surface area (Å²) in [6, 6.07) is 0. The van der Waals surface area contributed by atoms with E-state index in [4.69, 9.17) is 37.0 Å². The summed E-state index contributed by atoms with van der Waals surface area (Å²) in [7, 11) is -9.91. The summed E-state index contributed by atoms with van der Waals surface area (Å²) in [6.45, 7) is 9.58. The van der Waals surface area contributed by atoms with Crippen LogP contribution in [0.5, 0.6) is 0 Å². The zero-order valence-corrected chi connectivity index (χ0v) is 61.6. The Balaban J connectivity index is 5.27. The fraction of sp³-hybridized carbons (Fsp3) is 0.945. The van der Waals surface area contributed by atoms with Crippen molar-refractivity contribution in [2.45, 2.75) is 394 Å². The van der Waals surface area contributed by atoms with Crippen LogP contribution < -0.4 is 0 Å². The molecular formula is C73H142O17P2. The number of hydrogen-bond donors (Lipinski definition) is 3. The molecule has 0 aromatic rings. The van der Waals surface area contributed by atoms with Crippen LogP contribution >= 0.6 is 15.6 Å². The summed E-state index contributed by atoms with van der Waals surface area (Å²) in [5.41, 5.74) is 0. The van der Waals surface area contributed by atoms with Gasteiger partial charge >= 0.3 is 39.5 Å². The summed E-state index contributed by atoms with van der Waals surface area (Å²) < 4.78 is 68.4. The number of unbranched alkanes of at least 4 members (excludes halogenated alkanes) is 40. The highest BCUT2D eigenvalue weighted by atomic mass is 31.2. The summed E-state index contributed by atoms with van der Waals surface area (Å²) in [5, 5.41) is 10.6. The molecule has 92 heavy (non-hydrogen) atoms. The van der Waals surface area contributed by atoms with Crippen molar-refractivity contribution in [3.8, 4) is 0 Å². The van der Waals surface area contributed by atoms with Crippen molar-refractivity contribution in [1.29, 1.82) is 0 Å². The van der Waals surface area contributed by atoms with Gasteiger partial charge in [-0.2, -0.15) is 0 Å². The Hall–Kier alpha value is -1.94. The van der Waals surface area contributed by atoms with Crippen LogP contribution in [0.15, 0.2) is 0 Å². The Morgan fingerprint density at radius 2 is 0.522 bits per heavy atom. The number of aliphatic hydroxyl groups is 1. The first-order chi connectivity index (χ1) is 44.4. The SMILES string of the molecule is CCCCCCCCCCCCCCCCC(=O)OC[C@H](COP(=O)(O)OC[C@@H](O)COP(=O)(O)OC[C@@H](COC(=O)CCCCCCCCCCC(C)CC)OC(=O)CCCCCCCCCCC(C)CC)OC(=O)CCCCCCCCCCCCCCCC. The molecule has 0 radical (unpaired) electrons. The lowest BCUT2D eigenvalue weighted by molar-refractivity contribution is -0.161. The van der Waals surface area contributed by atoms with Crippen molar-refractivity contribution < 1.29 is 80.2 Å². The van der Waals surface area contributed by atoms with Gasteiger partial charge in [-0.05, 0) is 37.5 Å². The lowest BCUT2D eigenvalue weighted by Crippen LogP contribution is -2.30. The number of aliphatic hydroxyl groups excluding tert-OH is 1.